The van der Waals surface area contributed by atoms with Gasteiger partial charge in [-0.05, 0) is 50.6 Å². The number of halogens is 1. The Labute approximate surface area is 166 Å². The van der Waals surface area contributed by atoms with Crippen molar-refractivity contribution in [1.82, 2.24) is 9.55 Å². The van der Waals surface area contributed by atoms with E-state index in [-0.39, 0.29) is 23.4 Å². The Bertz CT molecular complexity index is 1060. The zero-order valence-electron chi connectivity index (χ0n) is 15.2. The monoisotopic (exact) mass is 402 g/mol. The summed E-state index contributed by atoms with van der Waals surface area (Å²) in [6.07, 6.45) is -0.194. The standard InChI is InChI=1S/C20H19ClN2O3S/c1-12(2)26-18(24)11-27-20-22-16-10-14(21)8-9-15(16)19(25)23(20)17-7-5-4-6-13(17)3/h4-10,12H,11H2,1-3H3. The number of aryl methyl sites for hydroxylation is 1. The number of nitrogens with zero attached hydrogens (tertiary/aromatic N) is 2. The Morgan fingerprint density at radius 3 is 2.70 bits per heavy atom. The summed E-state index contributed by atoms with van der Waals surface area (Å²) < 4.78 is 6.72. The lowest BCUT2D eigenvalue weighted by Gasteiger charge is -2.15. The molecule has 0 spiro atoms. The molecule has 3 rings (SSSR count). The Morgan fingerprint density at radius 2 is 2.00 bits per heavy atom. The molecule has 0 radical (unpaired) electrons. The second kappa shape index (κ2) is 8.15. The number of thioether (sulfide) groups is 1. The van der Waals surface area contributed by atoms with Gasteiger partial charge in [-0.3, -0.25) is 14.2 Å². The van der Waals surface area contributed by atoms with Crippen molar-refractivity contribution in [3.8, 4) is 5.69 Å². The van der Waals surface area contributed by atoms with Crippen molar-refractivity contribution in [2.24, 2.45) is 0 Å². The van der Waals surface area contributed by atoms with Gasteiger partial charge in [0, 0.05) is 5.02 Å². The molecule has 27 heavy (non-hydrogen) atoms. The summed E-state index contributed by atoms with van der Waals surface area (Å²) in [6, 6.07) is 12.5. The molecule has 0 aliphatic carbocycles. The Balaban J connectivity index is 2.14. The third-order valence-electron chi connectivity index (χ3n) is 3.84. The number of hydrogen-bond donors (Lipinski definition) is 0. The maximum Gasteiger partial charge on any atom is 0.316 e. The fourth-order valence-electron chi connectivity index (χ4n) is 2.68. The fourth-order valence-corrected chi connectivity index (χ4v) is 3.64. The zero-order valence-corrected chi connectivity index (χ0v) is 16.8. The first-order valence-corrected chi connectivity index (χ1v) is 9.84. The highest BCUT2D eigenvalue weighted by Crippen LogP contribution is 2.24. The van der Waals surface area contributed by atoms with Gasteiger partial charge < -0.3 is 4.74 Å². The van der Waals surface area contributed by atoms with E-state index in [1.54, 1.807) is 36.6 Å². The van der Waals surface area contributed by atoms with Crippen LogP contribution in [0, 0.1) is 6.92 Å². The van der Waals surface area contributed by atoms with Crippen molar-refractivity contribution in [2.45, 2.75) is 32.0 Å². The van der Waals surface area contributed by atoms with E-state index in [4.69, 9.17) is 16.3 Å². The van der Waals surface area contributed by atoms with Gasteiger partial charge in [-0.15, -0.1) is 0 Å². The molecule has 1 aromatic heterocycles. The largest absolute Gasteiger partial charge is 0.462 e. The smallest absolute Gasteiger partial charge is 0.316 e. The number of para-hydroxylation sites is 1. The van der Waals surface area contributed by atoms with Crippen molar-refractivity contribution in [1.29, 1.82) is 0 Å². The predicted octanol–water partition coefficient (Wildman–Crippen LogP) is 4.39. The zero-order chi connectivity index (χ0) is 19.6. The maximum absolute atomic E-state index is 13.2. The van der Waals surface area contributed by atoms with Crippen LogP contribution in [0.3, 0.4) is 0 Å². The molecule has 0 amide bonds. The molecule has 3 aromatic rings. The molecule has 140 valence electrons. The summed E-state index contributed by atoms with van der Waals surface area (Å²) in [4.78, 5) is 29.8. The lowest BCUT2D eigenvalue weighted by Crippen LogP contribution is -2.23. The van der Waals surface area contributed by atoms with Gasteiger partial charge in [0.05, 0.1) is 28.4 Å². The predicted molar refractivity (Wildman–Crippen MR) is 109 cm³/mol. The molecular weight excluding hydrogens is 384 g/mol. The van der Waals surface area contributed by atoms with Gasteiger partial charge in [-0.1, -0.05) is 41.6 Å². The number of ether oxygens (including phenoxy) is 1. The maximum atomic E-state index is 13.2. The highest BCUT2D eigenvalue weighted by Gasteiger charge is 2.17. The topological polar surface area (TPSA) is 61.2 Å². The van der Waals surface area contributed by atoms with Crippen LogP contribution in [-0.2, 0) is 9.53 Å². The minimum Gasteiger partial charge on any atom is -0.462 e. The molecule has 0 bridgehead atoms. The van der Waals surface area contributed by atoms with E-state index in [2.05, 4.69) is 4.98 Å². The van der Waals surface area contributed by atoms with Gasteiger partial charge in [-0.25, -0.2) is 4.98 Å². The molecule has 5 nitrogen and oxygen atoms in total. The minimum absolute atomic E-state index is 0.0581. The van der Waals surface area contributed by atoms with Crippen LogP contribution in [0.25, 0.3) is 16.6 Å². The Kier molecular flexibility index (Phi) is 5.87. The lowest BCUT2D eigenvalue weighted by molar-refractivity contribution is -0.144. The highest BCUT2D eigenvalue weighted by molar-refractivity contribution is 7.99. The van der Waals surface area contributed by atoms with Gasteiger partial charge in [0.2, 0.25) is 0 Å². The van der Waals surface area contributed by atoms with Gasteiger partial charge in [0.15, 0.2) is 5.16 Å². The normalized spacial score (nSPS) is 11.1. The van der Waals surface area contributed by atoms with Crippen LogP contribution in [0.1, 0.15) is 19.4 Å². The summed E-state index contributed by atoms with van der Waals surface area (Å²) in [5, 5.41) is 1.39. The van der Waals surface area contributed by atoms with Crippen LogP contribution < -0.4 is 5.56 Å². The number of aromatic nitrogens is 2. The quantitative estimate of drug-likeness (QED) is 0.360. The number of fused-ring (bicyclic) bond motifs is 1. The van der Waals surface area contributed by atoms with Gasteiger partial charge in [0.25, 0.3) is 5.56 Å². The minimum atomic E-state index is -0.355. The average molecular weight is 403 g/mol. The first-order valence-electron chi connectivity index (χ1n) is 8.47. The molecule has 0 unspecified atom stereocenters. The second-order valence-corrected chi connectivity index (χ2v) is 7.69. The third kappa shape index (κ3) is 4.34. The number of hydrogen-bond acceptors (Lipinski definition) is 5. The SMILES string of the molecule is Cc1ccccc1-n1c(SCC(=O)OC(C)C)nc2cc(Cl)ccc2c1=O. The molecule has 0 aliphatic rings. The first-order chi connectivity index (χ1) is 12.9. The van der Waals surface area contributed by atoms with Crippen molar-refractivity contribution in [3.63, 3.8) is 0 Å². The lowest BCUT2D eigenvalue weighted by atomic mass is 10.2. The van der Waals surface area contributed by atoms with E-state index in [9.17, 15) is 9.59 Å². The molecule has 0 aliphatic heterocycles. The van der Waals surface area contributed by atoms with Crippen molar-refractivity contribution < 1.29 is 9.53 Å². The summed E-state index contributed by atoms with van der Waals surface area (Å²) in [7, 11) is 0. The second-order valence-electron chi connectivity index (χ2n) is 6.31. The number of carbonyl (C=O) groups excluding carboxylic acids is 1. The fraction of sp³-hybridized carbons (Fsp3) is 0.250. The molecule has 7 heteroatoms. The number of benzene rings is 2. The average Bonchev–Trinajstić information content (AvgIpc) is 2.60. The van der Waals surface area contributed by atoms with Gasteiger partial charge in [-0.2, -0.15) is 0 Å². The van der Waals surface area contributed by atoms with E-state index >= 15 is 0 Å². The van der Waals surface area contributed by atoms with Crippen LogP contribution in [0.4, 0.5) is 0 Å². The van der Waals surface area contributed by atoms with Gasteiger partial charge >= 0.3 is 5.97 Å². The molecule has 0 N–H and O–H groups in total. The molecule has 0 atom stereocenters. The van der Waals surface area contributed by atoms with Crippen molar-refractivity contribution >= 4 is 40.2 Å². The molecule has 0 fully saturated rings. The van der Waals surface area contributed by atoms with Crippen LogP contribution >= 0.6 is 23.4 Å². The van der Waals surface area contributed by atoms with E-state index < -0.39 is 0 Å². The Morgan fingerprint density at radius 1 is 1.26 bits per heavy atom. The van der Waals surface area contributed by atoms with E-state index in [0.717, 1.165) is 11.3 Å². The number of esters is 1. The van der Waals surface area contributed by atoms with Crippen LogP contribution in [0.2, 0.25) is 5.02 Å². The van der Waals surface area contributed by atoms with E-state index in [0.29, 0.717) is 21.1 Å². The highest BCUT2D eigenvalue weighted by atomic mass is 35.5. The van der Waals surface area contributed by atoms with Gasteiger partial charge in [0.1, 0.15) is 0 Å². The summed E-state index contributed by atoms with van der Waals surface area (Å²) in [5.74, 6) is -0.297. The molecular formula is C20H19ClN2O3S. The Hall–Kier alpha value is -2.31. The molecule has 0 saturated carbocycles. The van der Waals surface area contributed by atoms with Crippen LogP contribution in [-0.4, -0.2) is 27.4 Å². The molecule has 2 aromatic carbocycles. The van der Waals surface area contributed by atoms with Crippen LogP contribution in [0.5, 0.6) is 0 Å². The van der Waals surface area contributed by atoms with Crippen molar-refractivity contribution in [2.75, 3.05) is 5.75 Å². The summed E-state index contributed by atoms with van der Waals surface area (Å²) in [6.45, 7) is 5.51. The van der Waals surface area contributed by atoms with Crippen molar-refractivity contribution in [3.05, 3.63) is 63.4 Å². The van der Waals surface area contributed by atoms with Crippen LogP contribution in [0.15, 0.2) is 52.4 Å². The summed E-state index contributed by atoms with van der Waals surface area (Å²) >= 11 is 7.23. The van der Waals surface area contributed by atoms with E-state index in [1.807, 2.05) is 31.2 Å². The number of carbonyl (C=O) groups is 1. The first kappa shape index (κ1) is 19.5. The molecule has 1 heterocycles. The summed E-state index contributed by atoms with van der Waals surface area (Å²) in [5.41, 5.74) is 1.95. The van der Waals surface area contributed by atoms with E-state index in [1.165, 1.54) is 11.8 Å². The number of rotatable bonds is 5. The third-order valence-corrected chi connectivity index (χ3v) is 4.99. The molecule has 0 saturated heterocycles.